The van der Waals surface area contributed by atoms with Gasteiger partial charge in [0.25, 0.3) is 5.91 Å². The number of benzene rings is 1. The van der Waals surface area contributed by atoms with E-state index in [1.54, 1.807) is 12.1 Å². The fourth-order valence-electron chi connectivity index (χ4n) is 3.04. The van der Waals surface area contributed by atoms with Crippen LogP contribution in [0.25, 0.3) is 11.6 Å². The van der Waals surface area contributed by atoms with Gasteiger partial charge in [0.15, 0.2) is 0 Å². The van der Waals surface area contributed by atoms with E-state index in [-0.39, 0.29) is 5.91 Å². The van der Waals surface area contributed by atoms with Crippen LogP contribution >= 0.6 is 27.5 Å². The van der Waals surface area contributed by atoms with Crippen molar-refractivity contribution in [1.82, 2.24) is 9.97 Å². The van der Waals surface area contributed by atoms with Crippen molar-refractivity contribution in [2.75, 3.05) is 5.32 Å². The van der Waals surface area contributed by atoms with Crippen molar-refractivity contribution >= 4 is 50.8 Å². The van der Waals surface area contributed by atoms with Gasteiger partial charge in [-0.3, -0.25) is 4.79 Å². The largest absolute Gasteiger partial charge is 0.342 e. The summed E-state index contributed by atoms with van der Waals surface area (Å²) in [6.45, 7) is 0. The Morgan fingerprint density at radius 1 is 1.27 bits per heavy atom. The lowest BCUT2D eigenvalue weighted by molar-refractivity contribution is -0.110. The number of amides is 1. The van der Waals surface area contributed by atoms with Gasteiger partial charge in [-0.1, -0.05) is 11.6 Å². The van der Waals surface area contributed by atoms with Crippen LogP contribution in [0.1, 0.15) is 35.6 Å². The smallest absolute Gasteiger partial charge is 0.256 e. The van der Waals surface area contributed by atoms with Gasteiger partial charge in [0.1, 0.15) is 5.82 Å². The SMILES string of the molecule is O=C1Nc2c(Br)cc(Cl)cc2C1=Cc1nc2c([nH]1)CCCC2. The van der Waals surface area contributed by atoms with Crippen LogP contribution in [-0.4, -0.2) is 15.9 Å². The third kappa shape index (κ3) is 2.29. The first-order chi connectivity index (χ1) is 10.6. The Balaban J connectivity index is 1.80. The van der Waals surface area contributed by atoms with Crippen molar-refractivity contribution in [3.05, 3.63) is 44.4 Å². The minimum absolute atomic E-state index is 0.132. The van der Waals surface area contributed by atoms with Crippen molar-refractivity contribution in [3.63, 3.8) is 0 Å². The van der Waals surface area contributed by atoms with Crippen LogP contribution < -0.4 is 5.32 Å². The van der Waals surface area contributed by atoms with Gasteiger partial charge >= 0.3 is 0 Å². The Labute approximate surface area is 141 Å². The van der Waals surface area contributed by atoms with Crippen molar-refractivity contribution in [3.8, 4) is 0 Å². The molecule has 2 aromatic rings. The molecular formula is C16H13BrClN3O. The molecule has 4 nitrogen and oxygen atoms in total. The molecule has 2 N–H and O–H groups in total. The van der Waals surface area contributed by atoms with Crippen LogP contribution in [0, 0.1) is 0 Å². The summed E-state index contributed by atoms with van der Waals surface area (Å²) in [5.41, 5.74) is 4.48. The second-order valence-corrected chi connectivity index (χ2v) is 6.87. The van der Waals surface area contributed by atoms with Crippen molar-refractivity contribution in [2.24, 2.45) is 0 Å². The maximum absolute atomic E-state index is 12.3. The van der Waals surface area contributed by atoms with Crippen LogP contribution in [0.15, 0.2) is 16.6 Å². The number of anilines is 1. The molecule has 0 saturated heterocycles. The van der Waals surface area contributed by atoms with Gasteiger partial charge in [0.05, 0.1) is 17.0 Å². The van der Waals surface area contributed by atoms with Gasteiger partial charge in [0, 0.05) is 20.8 Å². The third-order valence-electron chi connectivity index (χ3n) is 4.08. The van der Waals surface area contributed by atoms with E-state index in [0.29, 0.717) is 10.6 Å². The Bertz CT molecular complexity index is 802. The van der Waals surface area contributed by atoms with Crippen molar-refractivity contribution in [1.29, 1.82) is 0 Å². The molecule has 22 heavy (non-hydrogen) atoms. The molecule has 0 saturated carbocycles. The van der Waals surface area contributed by atoms with E-state index in [1.165, 1.54) is 18.5 Å². The fraction of sp³-hybridized carbons (Fsp3) is 0.250. The number of H-pyrrole nitrogens is 1. The quantitative estimate of drug-likeness (QED) is 0.731. The number of rotatable bonds is 1. The molecule has 1 aliphatic heterocycles. The first kappa shape index (κ1) is 14.0. The molecule has 2 aliphatic rings. The molecule has 1 aliphatic carbocycles. The summed E-state index contributed by atoms with van der Waals surface area (Å²) in [5.74, 6) is 0.605. The molecular weight excluding hydrogens is 366 g/mol. The molecule has 0 fully saturated rings. The Morgan fingerprint density at radius 3 is 2.91 bits per heavy atom. The number of carbonyl (C=O) groups is 1. The first-order valence-electron chi connectivity index (χ1n) is 7.22. The van der Waals surface area contributed by atoms with Crippen molar-refractivity contribution in [2.45, 2.75) is 25.7 Å². The number of halogens is 2. The lowest BCUT2D eigenvalue weighted by Gasteiger charge is -2.07. The maximum Gasteiger partial charge on any atom is 0.256 e. The summed E-state index contributed by atoms with van der Waals surface area (Å²) >= 11 is 9.54. The maximum atomic E-state index is 12.3. The van der Waals surface area contributed by atoms with E-state index in [0.717, 1.165) is 40.1 Å². The number of nitrogens with zero attached hydrogens (tertiary/aromatic N) is 1. The lowest BCUT2D eigenvalue weighted by atomic mass is 10.0. The fourth-order valence-corrected chi connectivity index (χ4v) is 3.95. The first-order valence-corrected chi connectivity index (χ1v) is 8.39. The molecule has 6 heteroatoms. The van der Waals surface area contributed by atoms with E-state index < -0.39 is 0 Å². The summed E-state index contributed by atoms with van der Waals surface area (Å²) in [6, 6.07) is 3.57. The highest BCUT2D eigenvalue weighted by Crippen LogP contribution is 2.40. The zero-order valence-corrected chi connectivity index (χ0v) is 14.0. The molecule has 1 aromatic carbocycles. The van der Waals surface area contributed by atoms with Crippen LogP contribution in [0.4, 0.5) is 5.69 Å². The molecule has 1 aromatic heterocycles. The van der Waals surface area contributed by atoms with Crippen LogP contribution in [0.2, 0.25) is 5.02 Å². The van der Waals surface area contributed by atoms with Gasteiger partial charge in [-0.15, -0.1) is 0 Å². The number of hydrogen-bond donors (Lipinski definition) is 2. The minimum atomic E-state index is -0.132. The highest BCUT2D eigenvalue weighted by atomic mass is 79.9. The van der Waals surface area contributed by atoms with Gasteiger partial charge in [-0.05, 0) is 59.8 Å². The Kier molecular flexibility index (Phi) is 3.35. The number of nitrogens with one attached hydrogen (secondary N) is 2. The number of aryl methyl sites for hydroxylation is 2. The minimum Gasteiger partial charge on any atom is -0.342 e. The zero-order valence-electron chi connectivity index (χ0n) is 11.7. The van der Waals surface area contributed by atoms with E-state index >= 15 is 0 Å². The number of hydrogen-bond acceptors (Lipinski definition) is 2. The second kappa shape index (κ2) is 5.25. The second-order valence-electron chi connectivity index (χ2n) is 5.58. The van der Waals surface area contributed by atoms with Gasteiger partial charge < -0.3 is 10.3 Å². The topological polar surface area (TPSA) is 57.8 Å². The van der Waals surface area contributed by atoms with Gasteiger partial charge in [0.2, 0.25) is 0 Å². The van der Waals surface area contributed by atoms with E-state index in [9.17, 15) is 4.79 Å². The molecule has 0 spiro atoms. The number of fused-ring (bicyclic) bond motifs is 2. The molecule has 4 rings (SSSR count). The lowest BCUT2D eigenvalue weighted by Crippen LogP contribution is -2.04. The average Bonchev–Trinajstić information content (AvgIpc) is 3.02. The summed E-state index contributed by atoms with van der Waals surface area (Å²) in [6.07, 6.45) is 6.22. The summed E-state index contributed by atoms with van der Waals surface area (Å²) in [7, 11) is 0. The molecule has 0 bridgehead atoms. The number of imidazole rings is 1. The van der Waals surface area contributed by atoms with Crippen LogP contribution in [0.3, 0.4) is 0 Å². The monoisotopic (exact) mass is 377 g/mol. The predicted octanol–water partition coefficient (Wildman–Crippen LogP) is 4.20. The number of aromatic amines is 1. The third-order valence-corrected chi connectivity index (χ3v) is 4.93. The predicted molar refractivity (Wildman–Crippen MR) is 90.9 cm³/mol. The normalized spacial score (nSPS) is 18.3. The molecule has 0 unspecified atom stereocenters. The Morgan fingerprint density at radius 2 is 2.09 bits per heavy atom. The van der Waals surface area contributed by atoms with Crippen LogP contribution in [0.5, 0.6) is 0 Å². The van der Waals surface area contributed by atoms with E-state index in [2.05, 4.69) is 31.2 Å². The summed E-state index contributed by atoms with van der Waals surface area (Å²) in [5, 5.41) is 3.46. The van der Waals surface area contributed by atoms with Crippen molar-refractivity contribution < 1.29 is 4.79 Å². The standard InChI is InChI=1S/C16H13BrClN3O/c17-11-6-8(18)5-9-10(16(22)21-15(9)11)7-14-19-12-3-1-2-4-13(12)20-14/h5-7H,1-4H2,(H,19,20)(H,21,22). The summed E-state index contributed by atoms with van der Waals surface area (Å²) < 4.78 is 0.783. The van der Waals surface area contributed by atoms with Crippen LogP contribution in [-0.2, 0) is 17.6 Å². The van der Waals surface area contributed by atoms with Gasteiger partial charge in [-0.25, -0.2) is 4.98 Å². The number of carbonyl (C=O) groups excluding carboxylic acids is 1. The Hall–Kier alpha value is -1.59. The number of aromatic nitrogens is 2. The highest BCUT2D eigenvalue weighted by Gasteiger charge is 2.27. The van der Waals surface area contributed by atoms with Gasteiger partial charge in [-0.2, -0.15) is 0 Å². The average molecular weight is 379 g/mol. The highest BCUT2D eigenvalue weighted by molar-refractivity contribution is 9.10. The summed E-state index contributed by atoms with van der Waals surface area (Å²) in [4.78, 5) is 20.2. The molecule has 0 radical (unpaired) electrons. The zero-order chi connectivity index (χ0) is 15.3. The molecule has 0 atom stereocenters. The molecule has 1 amide bonds. The van der Waals surface area contributed by atoms with E-state index in [4.69, 9.17) is 11.6 Å². The molecule has 2 heterocycles. The molecule has 112 valence electrons. The van der Waals surface area contributed by atoms with E-state index in [1.807, 2.05) is 6.08 Å².